The van der Waals surface area contributed by atoms with Crippen molar-refractivity contribution in [3.05, 3.63) is 141 Å². The third-order valence-electron chi connectivity index (χ3n) is 15.8. The molecular formula is C69H83Br2Cl2N4O8+. The minimum Gasteiger partial charge on any atom is -0.466 e. The van der Waals surface area contributed by atoms with Gasteiger partial charge in [-0.3, -0.25) is 29.1 Å². The summed E-state index contributed by atoms with van der Waals surface area (Å²) in [6.07, 6.45) is 25.4. The molecule has 4 bridgehead atoms. The Bertz CT molecular complexity index is 2860. The number of quaternary nitrogens is 1. The average molecular weight is 1330 g/mol. The van der Waals surface area contributed by atoms with Crippen LogP contribution in [0.5, 0.6) is 0 Å². The van der Waals surface area contributed by atoms with Crippen molar-refractivity contribution in [3.63, 3.8) is 0 Å². The van der Waals surface area contributed by atoms with Crippen LogP contribution in [-0.4, -0.2) is 145 Å². The number of esters is 3. The van der Waals surface area contributed by atoms with E-state index in [4.69, 9.17) is 45.5 Å². The molecule has 0 aliphatic carbocycles. The number of hydrogen-bond donors (Lipinski definition) is 0. The monoisotopic (exact) mass is 1320 g/mol. The van der Waals surface area contributed by atoms with Crippen LogP contribution in [0.4, 0.5) is 0 Å². The van der Waals surface area contributed by atoms with Gasteiger partial charge in [0.2, 0.25) is 5.78 Å². The van der Waals surface area contributed by atoms with E-state index in [1.165, 1.54) is 58.5 Å². The number of ether oxygens (including phenoxy) is 3. The van der Waals surface area contributed by atoms with E-state index < -0.39 is 0 Å². The second-order valence-electron chi connectivity index (χ2n) is 21.6. The average Bonchev–Trinajstić information content (AvgIpc) is 3.70. The van der Waals surface area contributed by atoms with Gasteiger partial charge in [-0.2, -0.15) is 0 Å². The van der Waals surface area contributed by atoms with Crippen LogP contribution in [0.2, 0.25) is 10.0 Å². The fourth-order valence-electron chi connectivity index (χ4n) is 11.7. The normalized spacial score (nSPS) is 22.1. The lowest BCUT2D eigenvalue weighted by atomic mass is 9.82. The number of hydrogen-bond acceptors (Lipinski definition) is 11. The molecule has 85 heavy (non-hydrogen) atoms. The van der Waals surface area contributed by atoms with Gasteiger partial charge in [0.25, 0.3) is 0 Å². The lowest BCUT2D eigenvalue weighted by molar-refractivity contribution is -0.938. The number of carbonyl (C=O) groups is 5. The molecule has 4 aromatic rings. The molecule has 454 valence electrons. The molecule has 16 heteroatoms. The number of alkyl halides is 1. The quantitative estimate of drug-likeness (QED) is 0.0299. The molecule has 0 N–H and O–H groups in total. The first-order chi connectivity index (χ1) is 40.7. The Hall–Kier alpha value is -5.75. The molecule has 8 aliphatic rings. The Morgan fingerprint density at radius 3 is 1.39 bits per heavy atom. The third kappa shape index (κ3) is 23.8. The Morgan fingerprint density at radius 2 is 1.02 bits per heavy atom. The van der Waals surface area contributed by atoms with E-state index in [2.05, 4.69) is 83.5 Å². The molecule has 0 aromatic heterocycles. The standard InChI is InChI=1S/C28H34ClN2O3.C20H28N2O2.C8H6BrClO.C6H2.C4H8O2.C3H4.BrH/c29-24-11-9-21(10-12-24)25(32)19-31-17-13-22(14-18-31)26(20-31)34-28(33)27(23-7-3-1-4-8-23)30-15-5-2-6-16-30;23-20(24-18-15-21-13-9-16(18)10-14-21)19(17-7-3-1-4-8-17)22-11-5-2-6-12-22;9-5-8(11)6-1-3-7(10)4-2-6;1-3-5-6-4-2;1-3-6-4(2)5;1-3-2;/h1,3-4,7-12,22,26-27H,2,5-6,13-20H2;1,3-4,7-8,16,18-19H,2,5-6,9-15H2;1-4H,5H2;1-2H;3H2,1-2H3;1H,2H3;1H/q+1;;;;;;/t22?,26-,27?,31?;18-,19?;;;;;/m00...../s1. The molecule has 8 saturated heterocycles. The molecule has 0 amide bonds. The second-order valence-corrected chi connectivity index (χ2v) is 23.1. The molecule has 2 unspecified atom stereocenters. The second kappa shape index (κ2) is 39.1. The fourth-order valence-corrected chi connectivity index (χ4v) is 12.3. The summed E-state index contributed by atoms with van der Waals surface area (Å²) < 4.78 is 17.5. The minimum absolute atomic E-state index is 0. The van der Waals surface area contributed by atoms with Crippen molar-refractivity contribution in [2.75, 3.05) is 83.9 Å². The molecule has 0 radical (unpaired) electrons. The fraction of sp³-hybridized carbons (Fsp3) is 0.464. The van der Waals surface area contributed by atoms with Gasteiger partial charge in [0.05, 0.1) is 25.0 Å². The predicted octanol–water partition coefficient (Wildman–Crippen LogP) is 12.7. The van der Waals surface area contributed by atoms with Gasteiger partial charge in [0.15, 0.2) is 11.9 Å². The maximum Gasteiger partial charge on any atom is 0.328 e. The molecule has 8 aliphatic heterocycles. The van der Waals surface area contributed by atoms with Gasteiger partial charge in [0.1, 0.15) is 31.3 Å². The summed E-state index contributed by atoms with van der Waals surface area (Å²) in [5.74, 6) is 11.6. The SMILES string of the molecule is Br.C#CC.C#CC#CC#C.CCOC(C)=O.O=C(CBr)c1ccc(Cl)cc1.O=C(C[N+]12CCC(CC1)[C@@H](OC(=O)C(c1ccccc1)N1CCCCC1)C2)c1ccc(Cl)cc1.O=C(O[C@H]1CN2CCC1CC2)C(c1ccccc1)N1CCCCC1. The molecule has 12 rings (SSSR count). The van der Waals surface area contributed by atoms with Crippen LogP contribution in [0, 0.1) is 60.7 Å². The molecular weight excluding hydrogens is 1240 g/mol. The van der Waals surface area contributed by atoms with Gasteiger partial charge in [-0.15, -0.1) is 42.2 Å². The summed E-state index contributed by atoms with van der Waals surface area (Å²) in [7, 11) is 0. The molecule has 4 aromatic carbocycles. The zero-order valence-electron chi connectivity index (χ0n) is 49.4. The highest BCUT2D eigenvalue weighted by Gasteiger charge is 2.49. The maximum atomic E-state index is 13.6. The number of ketones is 2. The molecule has 12 nitrogen and oxygen atoms in total. The Morgan fingerprint density at radius 1 is 0.612 bits per heavy atom. The van der Waals surface area contributed by atoms with E-state index in [9.17, 15) is 24.0 Å². The number of halogens is 4. The molecule has 8 fully saturated rings. The zero-order chi connectivity index (χ0) is 60.7. The van der Waals surface area contributed by atoms with E-state index in [1.807, 2.05) is 48.5 Å². The van der Waals surface area contributed by atoms with Crippen LogP contribution in [0.3, 0.4) is 0 Å². The topological polar surface area (TPSA) is 123 Å². The van der Waals surface area contributed by atoms with Crippen LogP contribution in [0.15, 0.2) is 109 Å². The molecule has 8 heterocycles. The molecule has 0 spiro atoms. The van der Waals surface area contributed by atoms with E-state index in [0.717, 1.165) is 93.7 Å². The van der Waals surface area contributed by atoms with E-state index >= 15 is 0 Å². The number of fused-ring (bicyclic) bond motifs is 6. The van der Waals surface area contributed by atoms with Crippen LogP contribution in [0.1, 0.15) is 129 Å². The van der Waals surface area contributed by atoms with Gasteiger partial charge in [-0.25, -0.2) is 9.59 Å². The number of likely N-dealkylation sites (tertiary alicyclic amines) is 2. The summed E-state index contributed by atoms with van der Waals surface area (Å²) in [5, 5.41) is 1.64. The highest BCUT2D eigenvalue weighted by Crippen LogP contribution is 2.38. The van der Waals surface area contributed by atoms with Gasteiger partial charge in [-0.05, 0) is 181 Å². The first-order valence-electron chi connectivity index (χ1n) is 29.3. The van der Waals surface area contributed by atoms with Gasteiger partial charge >= 0.3 is 17.9 Å². The summed E-state index contributed by atoms with van der Waals surface area (Å²) >= 11 is 14.7. The number of rotatable bonds is 14. The lowest BCUT2D eigenvalue weighted by Crippen LogP contribution is -2.66. The van der Waals surface area contributed by atoms with Crippen molar-refractivity contribution in [2.45, 2.75) is 109 Å². The minimum atomic E-state index is -0.346. The third-order valence-corrected chi connectivity index (χ3v) is 16.9. The highest BCUT2D eigenvalue weighted by molar-refractivity contribution is 9.09. The Labute approximate surface area is 534 Å². The van der Waals surface area contributed by atoms with Crippen LogP contribution < -0.4 is 0 Å². The summed E-state index contributed by atoms with van der Waals surface area (Å²) in [5.41, 5.74) is 3.47. The number of Topliss-reactive ketones (excluding diaryl/α,β-unsaturated/α-hetero) is 2. The number of nitrogens with zero attached hydrogens (tertiary/aromatic N) is 4. The van der Waals surface area contributed by atoms with Crippen LogP contribution in [-0.2, 0) is 28.6 Å². The summed E-state index contributed by atoms with van der Waals surface area (Å²) in [4.78, 5) is 67.7. The number of piperidine rings is 8. The van der Waals surface area contributed by atoms with E-state index in [1.54, 1.807) is 62.4 Å². The van der Waals surface area contributed by atoms with Crippen molar-refractivity contribution in [1.82, 2.24) is 14.7 Å². The van der Waals surface area contributed by atoms with Crippen molar-refractivity contribution >= 4 is 85.6 Å². The summed E-state index contributed by atoms with van der Waals surface area (Å²) in [6.45, 7) is 15.6. The van der Waals surface area contributed by atoms with Crippen LogP contribution >= 0.6 is 56.1 Å². The van der Waals surface area contributed by atoms with E-state index in [0.29, 0.717) is 51.5 Å². The van der Waals surface area contributed by atoms with Crippen LogP contribution in [0.25, 0.3) is 0 Å². The highest BCUT2D eigenvalue weighted by atomic mass is 79.9. The zero-order valence-corrected chi connectivity index (χ0v) is 54.3. The Kier molecular flexibility index (Phi) is 33.0. The van der Waals surface area contributed by atoms with Crippen molar-refractivity contribution in [3.8, 4) is 48.9 Å². The lowest BCUT2D eigenvalue weighted by Gasteiger charge is -2.51. The molecule has 4 atom stereocenters. The van der Waals surface area contributed by atoms with Gasteiger partial charge in [-0.1, -0.05) is 113 Å². The smallest absolute Gasteiger partial charge is 0.328 e. The first kappa shape index (κ1) is 71.7. The van der Waals surface area contributed by atoms with Crippen molar-refractivity contribution in [1.29, 1.82) is 0 Å². The van der Waals surface area contributed by atoms with Crippen molar-refractivity contribution < 1.29 is 42.7 Å². The van der Waals surface area contributed by atoms with Gasteiger partial charge in [0, 0.05) is 53.4 Å². The molecule has 0 saturated carbocycles. The number of terminal acetylenes is 3. The predicted molar refractivity (Wildman–Crippen MR) is 349 cm³/mol. The van der Waals surface area contributed by atoms with Crippen molar-refractivity contribution in [2.24, 2.45) is 11.8 Å². The summed E-state index contributed by atoms with van der Waals surface area (Å²) in [6, 6.07) is 33.7. The number of benzene rings is 4. The Balaban J connectivity index is 0.000000262. The largest absolute Gasteiger partial charge is 0.466 e. The maximum absolute atomic E-state index is 13.6. The first-order valence-corrected chi connectivity index (χ1v) is 31.2. The van der Waals surface area contributed by atoms with E-state index in [-0.39, 0.29) is 70.7 Å². The number of carbonyl (C=O) groups excluding carboxylic acids is 5. The van der Waals surface area contributed by atoms with Gasteiger partial charge < -0.3 is 18.7 Å².